The van der Waals surface area contributed by atoms with Gasteiger partial charge < -0.3 is 18.9 Å². The van der Waals surface area contributed by atoms with E-state index >= 15 is 0 Å². The molecular formula is C21H18ClN3O5S2. The average Bonchev–Trinajstić information content (AvgIpc) is 3.36. The number of rotatable bonds is 4. The first-order chi connectivity index (χ1) is 15.2. The van der Waals surface area contributed by atoms with Crippen molar-refractivity contribution in [1.29, 1.82) is 0 Å². The number of hydrogen-bond donors (Lipinski definition) is 0. The molecule has 11 heteroatoms. The highest BCUT2D eigenvalue weighted by molar-refractivity contribution is 8.24. The number of nitrogens with zero attached hydrogens (tertiary/aromatic N) is 3. The molecule has 2 aliphatic rings. The zero-order chi connectivity index (χ0) is 22.6. The van der Waals surface area contributed by atoms with E-state index in [0.29, 0.717) is 33.1 Å². The number of benzene rings is 2. The summed E-state index contributed by atoms with van der Waals surface area (Å²) >= 11 is 13.1. The fourth-order valence-electron chi connectivity index (χ4n) is 3.93. The van der Waals surface area contributed by atoms with Crippen LogP contribution in [0, 0.1) is 0 Å². The summed E-state index contributed by atoms with van der Waals surface area (Å²) < 4.78 is 18.4. The molecule has 2 aliphatic heterocycles. The number of ether oxygens (including phenoxy) is 2. The molecule has 8 nitrogen and oxygen atoms in total. The third kappa shape index (κ3) is 3.52. The molecule has 5 rings (SSSR count). The lowest BCUT2D eigenvalue weighted by molar-refractivity contribution is 0.0866. The second kappa shape index (κ2) is 7.72. The lowest BCUT2D eigenvalue weighted by Crippen LogP contribution is -2.42. The summed E-state index contributed by atoms with van der Waals surface area (Å²) in [5.41, 5.74) is 0.657. The Hall–Kier alpha value is -2.69. The van der Waals surface area contributed by atoms with Crippen LogP contribution in [0.15, 0.2) is 56.6 Å². The van der Waals surface area contributed by atoms with Crippen molar-refractivity contribution in [3.8, 4) is 17.2 Å². The van der Waals surface area contributed by atoms with Gasteiger partial charge in [0, 0.05) is 11.6 Å². The van der Waals surface area contributed by atoms with Gasteiger partial charge in [-0.1, -0.05) is 47.7 Å². The first-order valence-electron chi connectivity index (χ1n) is 9.73. The van der Waals surface area contributed by atoms with Gasteiger partial charge in [-0.2, -0.15) is 4.57 Å². The van der Waals surface area contributed by atoms with Crippen molar-refractivity contribution in [3.63, 3.8) is 0 Å². The fraction of sp³-hybridized carbons (Fsp3) is 0.286. The molecule has 0 saturated carbocycles. The summed E-state index contributed by atoms with van der Waals surface area (Å²) in [6.45, 7) is 4.49. The molecule has 0 bridgehead atoms. The van der Waals surface area contributed by atoms with Crippen LogP contribution in [0.25, 0.3) is 5.69 Å². The molecule has 1 saturated heterocycles. The normalized spacial score (nSPS) is 19.0. The first kappa shape index (κ1) is 21.2. The quantitative estimate of drug-likeness (QED) is 0.510. The maximum atomic E-state index is 13.3. The second-order valence-corrected chi connectivity index (χ2v) is 10.7. The maximum Gasteiger partial charge on any atom is 0.447 e. The second-order valence-electron chi connectivity index (χ2n) is 7.94. The minimum Gasteiger partial charge on any atom is -0.454 e. The summed E-state index contributed by atoms with van der Waals surface area (Å²) in [4.78, 5) is 27.8. The van der Waals surface area contributed by atoms with E-state index in [1.807, 2.05) is 36.9 Å². The van der Waals surface area contributed by atoms with Crippen LogP contribution in [-0.4, -0.2) is 30.1 Å². The van der Waals surface area contributed by atoms with Gasteiger partial charge in [-0.15, -0.1) is 4.74 Å². The number of aromatic nitrogens is 2. The first-order valence-corrected chi connectivity index (χ1v) is 11.3. The molecule has 0 unspecified atom stereocenters. The van der Waals surface area contributed by atoms with Crippen molar-refractivity contribution in [3.05, 3.63) is 74.1 Å². The molecule has 2 aromatic carbocycles. The van der Waals surface area contributed by atoms with E-state index in [0.717, 1.165) is 14.9 Å². The molecule has 1 fully saturated rings. The smallest absolute Gasteiger partial charge is 0.447 e. The summed E-state index contributed by atoms with van der Waals surface area (Å²) in [5.74, 6) is 0.551. The number of fused-ring (bicyclic) bond motifs is 1. The Morgan fingerprint density at radius 3 is 2.72 bits per heavy atom. The summed E-state index contributed by atoms with van der Waals surface area (Å²) in [6.07, 6.45) is -0.619. The van der Waals surface area contributed by atoms with Gasteiger partial charge in [-0.25, -0.2) is 9.59 Å². The van der Waals surface area contributed by atoms with Crippen LogP contribution < -0.4 is 20.9 Å². The predicted octanol–water partition coefficient (Wildman–Crippen LogP) is 3.79. The minimum absolute atomic E-state index is 0.185. The van der Waals surface area contributed by atoms with Crippen LogP contribution in [0.5, 0.6) is 11.5 Å². The van der Waals surface area contributed by atoms with Gasteiger partial charge in [0.25, 0.3) is 0 Å². The minimum atomic E-state index is -0.793. The third-order valence-electron chi connectivity index (χ3n) is 5.32. The van der Waals surface area contributed by atoms with E-state index < -0.39 is 22.4 Å². The van der Waals surface area contributed by atoms with E-state index in [4.69, 9.17) is 37.8 Å². The number of halogens is 1. The Morgan fingerprint density at radius 1 is 1.16 bits per heavy atom. The van der Waals surface area contributed by atoms with Crippen LogP contribution in [0.4, 0.5) is 0 Å². The average molecular weight is 492 g/mol. The molecule has 166 valence electrons. The highest BCUT2D eigenvalue weighted by atomic mass is 35.5. The van der Waals surface area contributed by atoms with Crippen LogP contribution in [0.3, 0.4) is 0 Å². The van der Waals surface area contributed by atoms with Gasteiger partial charge in [-0.3, -0.25) is 0 Å². The summed E-state index contributed by atoms with van der Waals surface area (Å²) in [5, 5.41) is 0.406. The van der Waals surface area contributed by atoms with E-state index in [-0.39, 0.29) is 6.79 Å². The van der Waals surface area contributed by atoms with E-state index in [1.165, 1.54) is 17.8 Å². The van der Waals surface area contributed by atoms with Crippen molar-refractivity contribution in [1.82, 2.24) is 14.2 Å². The van der Waals surface area contributed by atoms with Crippen LogP contribution in [0.2, 0.25) is 5.02 Å². The Kier molecular flexibility index (Phi) is 5.11. The van der Waals surface area contributed by atoms with Crippen LogP contribution in [0.1, 0.15) is 25.6 Å². The zero-order valence-corrected chi connectivity index (χ0v) is 19.5. The van der Waals surface area contributed by atoms with Gasteiger partial charge in [-0.05, 0) is 49.7 Å². The molecule has 0 amide bonds. The van der Waals surface area contributed by atoms with Crippen molar-refractivity contribution in [2.45, 2.75) is 31.3 Å². The largest absolute Gasteiger partial charge is 0.454 e. The molecule has 1 aromatic heterocycles. The Balaban J connectivity index is 1.56. The molecular weight excluding hydrogens is 474 g/mol. The van der Waals surface area contributed by atoms with Crippen LogP contribution in [-0.2, 0) is 6.54 Å². The van der Waals surface area contributed by atoms with Gasteiger partial charge in [0.15, 0.2) is 17.7 Å². The molecule has 0 aliphatic carbocycles. The lowest BCUT2D eigenvalue weighted by atomic mass is 10.1. The topological polar surface area (TPSA) is 78.8 Å². The SMILES string of the molecule is CC1(C)SC(=S)N(Cc2ccc3c(c2)OCO3)[C@@H]1n1oc(=O)n(-c2cccc(Cl)c2)c1=O. The lowest BCUT2D eigenvalue weighted by Gasteiger charge is -2.30. The highest BCUT2D eigenvalue weighted by Crippen LogP contribution is 2.47. The zero-order valence-electron chi connectivity index (χ0n) is 17.1. The van der Waals surface area contributed by atoms with Crippen molar-refractivity contribution in [2.75, 3.05) is 6.79 Å². The van der Waals surface area contributed by atoms with E-state index in [1.54, 1.807) is 18.2 Å². The predicted molar refractivity (Wildman–Crippen MR) is 125 cm³/mol. The fourth-order valence-corrected chi connectivity index (χ4v) is 5.99. The van der Waals surface area contributed by atoms with Crippen molar-refractivity contribution in [2.24, 2.45) is 0 Å². The van der Waals surface area contributed by atoms with Crippen molar-refractivity contribution < 1.29 is 14.0 Å². The summed E-state index contributed by atoms with van der Waals surface area (Å²) in [7, 11) is 0. The number of thiocarbonyl (C=S) groups is 1. The highest BCUT2D eigenvalue weighted by Gasteiger charge is 2.48. The van der Waals surface area contributed by atoms with Crippen molar-refractivity contribution >= 4 is 39.9 Å². The van der Waals surface area contributed by atoms with Gasteiger partial charge in [0.1, 0.15) is 4.32 Å². The molecule has 32 heavy (non-hydrogen) atoms. The van der Waals surface area contributed by atoms with Gasteiger partial charge >= 0.3 is 11.4 Å². The number of hydrogen-bond acceptors (Lipinski definition) is 7. The summed E-state index contributed by atoms with van der Waals surface area (Å²) in [6, 6.07) is 12.1. The monoisotopic (exact) mass is 491 g/mol. The standard InChI is InChI=1S/C21H18ClN3O5S2/c1-21(2)17(25-18(26)24(19(27)30-25)14-5-3-4-13(22)9-14)23(20(31)32-21)10-12-6-7-15-16(8-12)29-11-28-15/h3-9,17H,10-11H2,1-2H3/t17-/m1/s1. The van der Waals surface area contributed by atoms with E-state index in [2.05, 4.69) is 0 Å². The molecule has 0 N–H and O–H groups in total. The Bertz CT molecular complexity index is 1350. The van der Waals surface area contributed by atoms with E-state index in [9.17, 15) is 9.59 Å². The molecule has 0 spiro atoms. The maximum absolute atomic E-state index is 13.3. The molecule has 3 aromatic rings. The van der Waals surface area contributed by atoms with Crippen LogP contribution >= 0.6 is 35.6 Å². The molecule has 3 heterocycles. The third-order valence-corrected chi connectivity index (χ3v) is 7.18. The molecule has 1 atom stereocenters. The van der Waals surface area contributed by atoms with Gasteiger partial charge in [0.2, 0.25) is 6.79 Å². The molecule has 0 radical (unpaired) electrons. The Labute approximate surface area is 197 Å². The van der Waals surface area contributed by atoms with Gasteiger partial charge in [0.05, 0.1) is 10.4 Å². The number of thioether (sulfide) groups is 1. The Morgan fingerprint density at radius 2 is 1.94 bits per heavy atom.